The molecular weight excluding hydrogens is 276 g/mol. The lowest BCUT2D eigenvalue weighted by Crippen LogP contribution is -2.26. The summed E-state index contributed by atoms with van der Waals surface area (Å²) in [4.78, 5) is 12.1. The third-order valence-electron chi connectivity index (χ3n) is 3.74. The molecule has 0 bridgehead atoms. The fourth-order valence-corrected chi connectivity index (χ4v) is 2.42. The molecule has 3 nitrogen and oxygen atoms in total. The average Bonchev–Trinajstić information content (AvgIpc) is 2.48. The van der Waals surface area contributed by atoms with Crippen molar-refractivity contribution < 1.29 is 14.3 Å². The fraction of sp³-hybridized carbons (Fsp3) is 0.562. The molecule has 1 aromatic rings. The number of ether oxygens (including phenoxy) is 2. The highest BCUT2D eigenvalue weighted by Gasteiger charge is 2.18. The lowest BCUT2D eigenvalue weighted by molar-refractivity contribution is 0.0256. The Balaban J connectivity index is 2.07. The molecule has 0 spiro atoms. The monoisotopic (exact) mass is 296 g/mol. The first kappa shape index (κ1) is 15.3. The minimum absolute atomic E-state index is 0.0216. The van der Waals surface area contributed by atoms with Gasteiger partial charge in [0, 0.05) is 24.3 Å². The molecular formula is C16H21ClO3. The summed E-state index contributed by atoms with van der Waals surface area (Å²) in [6.45, 7) is 5.40. The Kier molecular flexibility index (Phi) is 5.44. The molecule has 0 radical (unpaired) electrons. The van der Waals surface area contributed by atoms with Crippen LogP contribution in [0.15, 0.2) is 18.2 Å². The Morgan fingerprint density at radius 3 is 2.75 bits per heavy atom. The van der Waals surface area contributed by atoms with Crippen molar-refractivity contribution in [1.29, 1.82) is 0 Å². The van der Waals surface area contributed by atoms with E-state index in [4.69, 9.17) is 21.1 Å². The third kappa shape index (κ3) is 3.74. The van der Waals surface area contributed by atoms with E-state index in [1.807, 2.05) is 13.8 Å². The molecule has 1 atom stereocenters. The normalized spacial score (nSPS) is 17.8. The molecule has 4 heteroatoms. The van der Waals surface area contributed by atoms with Crippen LogP contribution in [0.1, 0.15) is 43.5 Å². The van der Waals surface area contributed by atoms with E-state index >= 15 is 0 Å². The molecule has 1 aliphatic heterocycles. The minimum Gasteiger partial charge on any atom is -0.489 e. The molecule has 20 heavy (non-hydrogen) atoms. The Hall–Kier alpha value is -1.06. The van der Waals surface area contributed by atoms with Gasteiger partial charge in [0.15, 0.2) is 5.78 Å². The maximum Gasteiger partial charge on any atom is 0.165 e. The molecule has 1 heterocycles. The first-order valence-electron chi connectivity index (χ1n) is 7.20. The molecule has 1 fully saturated rings. The molecule has 0 saturated carbocycles. The SMILES string of the molecule is CC[C@@H](C)C(=O)c1ccc(OC2CCOCC2)c(Cl)c1. The van der Waals surface area contributed by atoms with Gasteiger partial charge in [-0.1, -0.05) is 25.4 Å². The predicted octanol–water partition coefficient (Wildman–Crippen LogP) is 4.13. The fourth-order valence-electron chi connectivity index (χ4n) is 2.19. The van der Waals surface area contributed by atoms with Crippen molar-refractivity contribution in [2.24, 2.45) is 5.92 Å². The largest absolute Gasteiger partial charge is 0.489 e. The molecule has 2 rings (SSSR count). The highest BCUT2D eigenvalue weighted by atomic mass is 35.5. The van der Waals surface area contributed by atoms with Gasteiger partial charge in [0.25, 0.3) is 0 Å². The van der Waals surface area contributed by atoms with Gasteiger partial charge in [-0.25, -0.2) is 0 Å². The highest BCUT2D eigenvalue weighted by molar-refractivity contribution is 6.32. The second-order valence-corrected chi connectivity index (χ2v) is 5.66. The third-order valence-corrected chi connectivity index (χ3v) is 4.03. The van der Waals surface area contributed by atoms with Gasteiger partial charge < -0.3 is 9.47 Å². The number of halogens is 1. The van der Waals surface area contributed by atoms with Gasteiger partial charge in [-0.2, -0.15) is 0 Å². The lowest BCUT2D eigenvalue weighted by Gasteiger charge is -2.24. The highest BCUT2D eigenvalue weighted by Crippen LogP contribution is 2.29. The van der Waals surface area contributed by atoms with E-state index in [1.54, 1.807) is 18.2 Å². The van der Waals surface area contributed by atoms with Crippen LogP contribution in [0.3, 0.4) is 0 Å². The number of Topliss-reactive ketones (excluding diaryl/α,β-unsaturated/α-hetero) is 1. The first-order chi connectivity index (χ1) is 9.61. The topological polar surface area (TPSA) is 35.5 Å². The van der Waals surface area contributed by atoms with Crippen molar-refractivity contribution in [3.8, 4) is 5.75 Å². The molecule has 1 saturated heterocycles. The summed E-state index contributed by atoms with van der Waals surface area (Å²) in [5, 5.41) is 0.505. The van der Waals surface area contributed by atoms with Crippen LogP contribution in [-0.4, -0.2) is 25.1 Å². The molecule has 0 N–H and O–H groups in total. The van der Waals surface area contributed by atoms with Crippen LogP contribution >= 0.6 is 11.6 Å². The van der Waals surface area contributed by atoms with E-state index in [1.165, 1.54) is 0 Å². The zero-order chi connectivity index (χ0) is 14.5. The Bertz CT molecular complexity index is 467. The average molecular weight is 297 g/mol. The van der Waals surface area contributed by atoms with Crippen molar-refractivity contribution in [2.45, 2.75) is 39.2 Å². The number of hydrogen-bond acceptors (Lipinski definition) is 3. The number of rotatable bonds is 5. The van der Waals surface area contributed by atoms with Crippen LogP contribution in [0.25, 0.3) is 0 Å². The van der Waals surface area contributed by atoms with Gasteiger partial charge in [-0.3, -0.25) is 4.79 Å². The van der Waals surface area contributed by atoms with E-state index < -0.39 is 0 Å². The molecule has 1 aliphatic rings. The maximum atomic E-state index is 12.1. The van der Waals surface area contributed by atoms with E-state index in [0.29, 0.717) is 16.3 Å². The number of carbonyl (C=O) groups excluding carboxylic acids is 1. The van der Waals surface area contributed by atoms with Gasteiger partial charge in [0.2, 0.25) is 0 Å². The summed E-state index contributed by atoms with van der Waals surface area (Å²) in [5.74, 6) is 0.805. The second-order valence-electron chi connectivity index (χ2n) is 5.25. The Morgan fingerprint density at radius 2 is 2.15 bits per heavy atom. The predicted molar refractivity (Wildman–Crippen MR) is 79.7 cm³/mol. The number of hydrogen-bond donors (Lipinski definition) is 0. The first-order valence-corrected chi connectivity index (χ1v) is 7.57. The van der Waals surface area contributed by atoms with Crippen molar-refractivity contribution in [3.05, 3.63) is 28.8 Å². The Morgan fingerprint density at radius 1 is 1.45 bits per heavy atom. The van der Waals surface area contributed by atoms with Crippen LogP contribution in [0.2, 0.25) is 5.02 Å². The zero-order valence-electron chi connectivity index (χ0n) is 12.0. The zero-order valence-corrected chi connectivity index (χ0v) is 12.8. The van der Waals surface area contributed by atoms with Gasteiger partial charge in [0.1, 0.15) is 11.9 Å². The smallest absolute Gasteiger partial charge is 0.165 e. The summed E-state index contributed by atoms with van der Waals surface area (Å²) >= 11 is 6.23. The van der Waals surface area contributed by atoms with Gasteiger partial charge >= 0.3 is 0 Å². The Labute approximate surface area is 125 Å². The van der Waals surface area contributed by atoms with Crippen LogP contribution in [-0.2, 0) is 4.74 Å². The molecule has 110 valence electrons. The van der Waals surface area contributed by atoms with E-state index in [0.717, 1.165) is 32.5 Å². The lowest BCUT2D eigenvalue weighted by atomic mass is 9.97. The van der Waals surface area contributed by atoms with Crippen molar-refractivity contribution in [1.82, 2.24) is 0 Å². The molecule has 0 aromatic heterocycles. The van der Waals surface area contributed by atoms with Crippen LogP contribution in [0.4, 0.5) is 0 Å². The molecule has 0 unspecified atom stereocenters. The number of benzene rings is 1. The summed E-state index contributed by atoms with van der Waals surface area (Å²) in [7, 11) is 0. The summed E-state index contributed by atoms with van der Waals surface area (Å²) in [6, 6.07) is 5.31. The molecule has 0 amide bonds. The molecule has 0 aliphatic carbocycles. The maximum absolute atomic E-state index is 12.1. The number of ketones is 1. The standard InChI is InChI=1S/C16H21ClO3/c1-3-11(2)16(18)12-4-5-15(14(17)10-12)20-13-6-8-19-9-7-13/h4-5,10-11,13H,3,6-9H2,1-2H3/t11-/m1/s1. The molecule has 1 aromatic carbocycles. The van der Waals surface area contributed by atoms with Crippen LogP contribution < -0.4 is 4.74 Å². The van der Waals surface area contributed by atoms with Crippen molar-refractivity contribution in [3.63, 3.8) is 0 Å². The quantitative estimate of drug-likeness (QED) is 0.767. The van der Waals surface area contributed by atoms with Crippen molar-refractivity contribution in [2.75, 3.05) is 13.2 Å². The summed E-state index contributed by atoms with van der Waals surface area (Å²) < 4.78 is 11.2. The van der Waals surface area contributed by atoms with Crippen LogP contribution in [0, 0.1) is 5.92 Å². The van der Waals surface area contributed by atoms with E-state index in [2.05, 4.69) is 0 Å². The summed E-state index contributed by atoms with van der Waals surface area (Å²) in [5.41, 5.74) is 0.656. The van der Waals surface area contributed by atoms with Crippen LogP contribution in [0.5, 0.6) is 5.75 Å². The second kappa shape index (κ2) is 7.09. The minimum atomic E-state index is 0.0216. The van der Waals surface area contributed by atoms with E-state index in [-0.39, 0.29) is 17.8 Å². The van der Waals surface area contributed by atoms with Gasteiger partial charge in [0.05, 0.1) is 18.2 Å². The number of carbonyl (C=O) groups is 1. The van der Waals surface area contributed by atoms with Gasteiger partial charge in [-0.05, 0) is 24.6 Å². The van der Waals surface area contributed by atoms with Gasteiger partial charge in [-0.15, -0.1) is 0 Å². The van der Waals surface area contributed by atoms with Crippen molar-refractivity contribution >= 4 is 17.4 Å². The summed E-state index contributed by atoms with van der Waals surface area (Å²) in [6.07, 6.45) is 2.74. The van der Waals surface area contributed by atoms with E-state index in [9.17, 15) is 4.79 Å².